The SMILES string of the molecule is Cc1cc(NNC(=O)Nc2cc(Br)cc(Br)c2)nc2c1c(C)nn2C. The summed E-state index contributed by atoms with van der Waals surface area (Å²) in [4.78, 5) is 16.6. The molecule has 0 radical (unpaired) electrons. The van der Waals surface area contributed by atoms with Crippen LogP contribution in [0.25, 0.3) is 11.0 Å². The number of hydrogen-bond donors (Lipinski definition) is 3. The molecule has 0 bridgehead atoms. The maximum Gasteiger partial charge on any atom is 0.337 e. The highest BCUT2D eigenvalue weighted by Crippen LogP contribution is 2.24. The molecule has 2 amide bonds. The van der Waals surface area contributed by atoms with E-state index in [0.29, 0.717) is 11.5 Å². The minimum Gasteiger partial charge on any atom is -0.307 e. The van der Waals surface area contributed by atoms with E-state index in [1.165, 1.54) is 0 Å². The van der Waals surface area contributed by atoms with Gasteiger partial charge in [-0.25, -0.2) is 9.78 Å². The number of amides is 2. The molecular weight excluding hydrogens is 452 g/mol. The number of rotatable bonds is 3. The van der Waals surface area contributed by atoms with Crippen molar-refractivity contribution in [3.63, 3.8) is 0 Å². The maximum absolute atomic E-state index is 12.1. The van der Waals surface area contributed by atoms with Gasteiger partial charge in [-0.2, -0.15) is 5.10 Å². The number of hydrazine groups is 1. The Labute approximate surface area is 161 Å². The van der Waals surface area contributed by atoms with Crippen LogP contribution in [0.15, 0.2) is 33.2 Å². The fraction of sp³-hybridized carbons (Fsp3) is 0.188. The van der Waals surface area contributed by atoms with Gasteiger partial charge in [0.15, 0.2) is 5.65 Å². The molecule has 2 heterocycles. The van der Waals surface area contributed by atoms with Crippen LogP contribution in [-0.2, 0) is 7.05 Å². The summed E-state index contributed by atoms with van der Waals surface area (Å²) in [6, 6.07) is 6.96. The molecule has 25 heavy (non-hydrogen) atoms. The quantitative estimate of drug-likeness (QED) is 0.502. The van der Waals surface area contributed by atoms with E-state index in [1.807, 2.05) is 33.0 Å². The molecule has 0 aliphatic heterocycles. The van der Waals surface area contributed by atoms with Crippen molar-refractivity contribution in [2.24, 2.45) is 7.05 Å². The summed E-state index contributed by atoms with van der Waals surface area (Å²) >= 11 is 6.77. The van der Waals surface area contributed by atoms with Gasteiger partial charge in [0.25, 0.3) is 0 Å². The Balaban J connectivity index is 1.72. The van der Waals surface area contributed by atoms with E-state index in [0.717, 1.165) is 31.2 Å². The van der Waals surface area contributed by atoms with Crippen molar-refractivity contribution in [1.29, 1.82) is 0 Å². The third kappa shape index (κ3) is 3.93. The molecular formula is C16H16Br2N6O. The molecule has 3 N–H and O–H groups in total. The Morgan fingerprint density at radius 1 is 1.12 bits per heavy atom. The van der Waals surface area contributed by atoms with Gasteiger partial charge in [0.05, 0.1) is 5.69 Å². The number of aryl methyl sites for hydroxylation is 3. The molecule has 0 atom stereocenters. The van der Waals surface area contributed by atoms with Crippen LogP contribution >= 0.6 is 31.9 Å². The maximum atomic E-state index is 12.1. The van der Waals surface area contributed by atoms with Crippen LogP contribution < -0.4 is 16.2 Å². The largest absolute Gasteiger partial charge is 0.337 e. The fourth-order valence-corrected chi connectivity index (χ4v) is 3.93. The van der Waals surface area contributed by atoms with Gasteiger partial charge in [0.2, 0.25) is 0 Å². The molecule has 0 aliphatic rings. The number of carbonyl (C=O) groups excluding carboxylic acids is 1. The molecule has 9 heteroatoms. The zero-order valence-corrected chi connectivity index (χ0v) is 17.0. The van der Waals surface area contributed by atoms with Crippen molar-refractivity contribution in [3.8, 4) is 0 Å². The van der Waals surface area contributed by atoms with E-state index < -0.39 is 6.03 Å². The lowest BCUT2D eigenvalue weighted by Gasteiger charge is -2.11. The number of hydrogen-bond acceptors (Lipinski definition) is 4. The topological polar surface area (TPSA) is 83.9 Å². The van der Waals surface area contributed by atoms with E-state index in [2.05, 4.69) is 58.1 Å². The summed E-state index contributed by atoms with van der Waals surface area (Å²) in [6.07, 6.45) is 0. The molecule has 0 saturated heterocycles. The summed E-state index contributed by atoms with van der Waals surface area (Å²) in [6.45, 7) is 3.94. The molecule has 2 aromatic heterocycles. The number of nitrogens with zero attached hydrogens (tertiary/aromatic N) is 3. The number of pyridine rings is 1. The lowest BCUT2D eigenvalue weighted by atomic mass is 10.1. The van der Waals surface area contributed by atoms with Gasteiger partial charge in [-0.1, -0.05) is 31.9 Å². The van der Waals surface area contributed by atoms with Crippen molar-refractivity contribution in [2.75, 3.05) is 10.7 Å². The Kier molecular flexibility index (Phi) is 4.96. The second-order valence-corrected chi connectivity index (χ2v) is 7.43. The van der Waals surface area contributed by atoms with Crippen molar-refractivity contribution in [1.82, 2.24) is 20.2 Å². The smallest absolute Gasteiger partial charge is 0.307 e. The summed E-state index contributed by atoms with van der Waals surface area (Å²) in [7, 11) is 1.84. The van der Waals surface area contributed by atoms with Crippen LogP contribution in [0.5, 0.6) is 0 Å². The van der Waals surface area contributed by atoms with Gasteiger partial charge in [0.1, 0.15) is 5.82 Å². The summed E-state index contributed by atoms with van der Waals surface area (Å²) < 4.78 is 3.45. The van der Waals surface area contributed by atoms with Gasteiger partial charge < -0.3 is 5.32 Å². The lowest BCUT2D eigenvalue weighted by Crippen LogP contribution is -2.34. The number of carbonyl (C=O) groups is 1. The Morgan fingerprint density at radius 2 is 1.80 bits per heavy atom. The molecule has 0 aliphatic carbocycles. The highest BCUT2D eigenvalue weighted by atomic mass is 79.9. The minimum atomic E-state index is -0.397. The van der Waals surface area contributed by atoms with Crippen LogP contribution in [-0.4, -0.2) is 20.8 Å². The van der Waals surface area contributed by atoms with Crippen LogP contribution in [0.1, 0.15) is 11.3 Å². The summed E-state index contributed by atoms with van der Waals surface area (Å²) in [5.41, 5.74) is 8.79. The van der Waals surface area contributed by atoms with Crippen LogP contribution in [0.3, 0.4) is 0 Å². The predicted octanol–water partition coefficient (Wildman–Crippen LogP) is 4.26. The molecule has 0 spiro atoms. The molecule has 0 saturated carbocycles. The first-order valence-electron chi connectivity index (χ1n) is 7.43. The average molecular weight is 468 g/mol. The van der Waals surface area contributed by atoms with Crippen molar-refractivity contribution >= 4 is 60.4 Å². The number of anilines is 2. The van der Waals surface area contributed by atoms with E-state index in [-0.39, 0.29) is 0 Å². The highest BCUT2D eigenvalue weighted by molar-refractivity contribution is 9.11. The molecule has 3 aromatic rings. The van der Waals surface area contributed by atoms with Crippen LogP contribution in [0.4, 0.5) is 16.3 Å². The lowest BCUT2D eigenvalue weighted by molar-refractivity contribution is 0.254. The minimum absolute atomic E-state index is 0.397. The zero-order valence-electron chi connectivity index (χ0n) is 13.8. The first kappa shape index (κ1) is 17.7. The second-order valence-electron chi connectivity index (χ2n) is 5.59. The van der Waals surface area contributed by atoms with Crippen molar-refractivity contribution in [3.05, 3.63) is 44.5 Å². The Bertz CT molecular complexity index is 949. The highest BCUT2D eigenvalue weighted by Gasteiger charge is 2.11. The molecule has 0 fully saturated rings. The molecule has 3 rings (SSSR count). The van der Waals surface area contributed by atoms with E-state index in [4.69, 9.17) is 0 Å². The zero-order chi connectivity index (χ0) is 18.1. The predicted molar refractivity (Wildman–Crippen MR) is 106 cm³/mol. The first-order chi connectivity index (χ1) is 11.8. The average Bonchev–Trinajstić information content (AvgIpc) is 2.79. The van der Waals surface area contributed by atoms with Gasteiger partial charge in [-0.15, -0.1) is 0 Å². The van der Waals surface area contributed by atoms with Crippen LogP contribution in [0.2, 0.25) is 0 Å². The number of halogens is 2. The van der Waals surface area contributed by atoms with Crippen LogP contribution in [0, 0.1) is 13.8 Å². The Morgan fingerprint density at radius 3 is 2.48 bits per heavy atom. The van der Waals surface area contributed by atoms with Gasteiger partial charge >= 0.3 is 6.03 Å². The summed E-state index contributed by atoms with van der Waals surface area (Å²) in [5.74, 6) is 0.540. The third-order valence-electron chi connectivity index (χ3n) is 3.59. The number of benzene rings is 1. The monoisotopic (exact) mass is 466 g/mol. The molecule has 1 aromatic carbocycles. The van der Waals surface area contributed by atoms with Gasteiger partial charge in [0, 0.05) is 27.1 Å². The Hall–Kier alpha value is -2.13. The standard InChI is InChI=1S/C16H16Br2N6O/c1-8-4-13(20-15-14(8)9(2)23-24(15)3)21-22-16(25)19-12-6-10(17)5-11(18)7-12/h4-7H,1-3H3,(H,20,21)(H2,19,22,25). The number of fused-ring (bicyclic) bond motifs is 1. The first-order valence-corrected chi connectivity index (χ1v) is 9.02. The third-order valence-corrected chi connectivity index (χ3v) is 4.51. The van der Waals surface area contributed by atoms with Crippen molar-refractivity contribution < 1.29 is 4.79 Å². The van der Waals surface area contributed by atoms with E-state index >= 15 is 0 Å². The number of aromatic nitrogens is 3. The van der Waals surface area contributed by atoms with Gasteiger partial charge in [-0.05, 0) is 43.7 Å². The van der Waals surface area contributed by atoms with E-state index in [1.54, 1.807) is 16.8 Å². The molecule has 130 valence electrons. The molecule has 0 unspecified atom stereocenters. The second kappa shape index (κ2) is 7.01. The van der Waals surface area contributed by atoms with Crippen molar-refractivity contribution in [2.45, 2.75) is 13.8 Å². The van der Waals surface area contributed by atoms with E-state index in [9.17, 15) is 4.79 Å². The number of nitrogens with one attached hydrogen (secondary N) is 3. The molecule has 7 nitrogen and oxygen atoms in total. The number of urea groups is 1. The fourth-order valence-electron chi connectivity index (χ4n) is 2.63. The van der Waals surface area contributed by atoms with Gasteiger partial charge in [-0.3, -0.25) is 15.5 Å². The summed E-state index contributed by atoms with van der Waals surface area (Å²) in [5, 5.41) is 8.15. The normalized spacial score (nSPS) is 10.8.